The number of carboxylic acid groups (broad SMARTS) is 1. The lowest BCUT2D eigenvalue weighted by atomic mass is 9.98. The van der Waals surface area contributed by atoms with Crippen molar-refractivity contribution in [2.24, 2.45) is 0 Å². The van der Waals surface area contributed by atoms with Crippen LogP contribution in [-0.4, -0.2) is 34.5 Å². The average molecular weight is 225 g/mol. The Morgan fingerprint density at radius 1 is 1.50 bits per heavy atom. The number of amides is 1. The minimum atomic E-state index is -0.941. The molecule has 1 aromatic heterocycles. The molecule has 88 valence electrons. The average Bonchev–Trinajstić information content (AvgIpc) is 2.66. The lowest BCUT2D eigenvalue weighted by Crippen LogP contribution is -2.46. The molecule has 5 heteroatoms. The second kappa shape index (κ2) is 4.38. The van der Waals surface area contributed by atoms with Crippen LogP contribution in [0.3, 0.4) is 0 Å². The van der Waals surface area contributed by atoms with E-state index in [1.807, 2.05) is 0 Å². The highest BCUT2D eigenvalue weighted by Gasteiger charge is 2.31. The zero-order chi connectivity index (χ0) is 12.3. The van der Waals surface area contributed by atoms with E-state index >= 15 is 0 Å². The summed E-state index contributed by atoms with van der Waals surface area (Å²) in [6.07, 6.45) is 1.29. The number of hydrogen-bond donors (Lipinski definition) is 1. The highest BCUT2D eigenvalue weighted by atomic mass is 16.4. The van der Waals surface area contributed by atoms with Gasteiger partial charge in [0.15, 0.2) is 5.76 Å². The number of carbonyl (C=O) groups is 2. The van der Waals surface area contributed by atoms with Gasteiger partial charge in [-0.1, -0.05) is 0 Å². The van der Waals surface area contributed by atoms with E-state index in [9.17, 15) is 9.59 Å². The lowest BCUT2D eigenvalue weighted by Gasteiger charge is -2.33. The molecule has 16 heavy (non-hydrogen) atoms. The third kappa shape index (κ3) is 2.62. The predicted molar refractivity (Wildman–Crippen MR) is 57.1 cm³/mol. The molecule has 5 nitrogen and oxygen atoms in total. The van der Waals surface area contributed by atoms with Crippen LogP contribution in [0, 0.1) is 0 Å². The Morgan fingerprint density at radius 3 is 2.56 bits per heavy atom. The molecule has 1 aromatic rings. The van der Waals surface area contributed by atoms with Gasteiger partial charge >= 0.3 is 5.97 Å². The van der Waals surface area contributed by atoms with Gasteiger partial charge in [0.2, 0.25) is 0 Å². The molecule has 0 aliphatic carbocycles. The minimum absolute atomic E-state index is 0.115. The zero-order valence-corrected chi connectivity index (χ0v) is 9.56. The van der Waals surface area contributed by atoms with E-state index in [0.717, 1.165) is 0 Å². The fourth-order valence-corrected chi connectivity index (χ4v) is 1.33. The first-order valence-electron chi connectivity index (χ1n) is 4.88. The molecule has 0 bridgehead atoms. The number of rotatable bonds is 4. The minimum Gasteiger partial charge on any atom is -0.481 e. The van der Waals surface area contributed by atoms with Gasteiger partial charge in [0, 0.05) is 12.6 Å². The molecule has 0 saturated heterocycles. The molecule has 0 atom stereocenters. The first-order valence-corrected chi connectivity index (χ1v) is 4.88. The first-order chi connectivity index (χ1) is 7.34. The Morgan fingerprint density at radius 2 is 2.12 bits per heavy atom. The van der Waals surface area contributed by atoms with Crippen LogP contribution in [0.4, 0.5) is 0 Å². The molecule has 1 heterocycles. The molecule has 1 N–H and O–H groups in total. The molecule has 0 spiro atoms. The molecule has 1 amide bonds. The highest BCUT2D eigenvalue weighted by molar-refractivity contribution is 5.92. The summed E-state index contributed by atoms with van der Waals surface area (Å²) in [5, 5.41) is 8.75. The third-order valence-corrected chi connectivity index (χ3v) is 2.53. The quantitative estimate of drug-likeness (QED) is 0.844. The molecule has 0 fully saturated rings. The fraction of sp³-hybridized carbons (Fsp3) is 0.455. The van der Waals surface area contributed by atoms with Gasteiger partial charge < -0.3 is 14.4 Å². The first kappa shape index (κ1) is 12.3. The highest BCUT2D eigenvalue weighted by Crippen LogP contribution is 2.19. The summed E-state index contributed by atoms with van der Waals surface area (Å²) in [5.74, 6) is -1.05. The van der Waals surface area contributed by atoms with E-state index < -0.39 is 11.5 Å². The predicted octanol–water partition coefficient (Wildman–Crippen LogP) is 1.60. The second-order valence-corrected chi connectivity index (χ2v) is 4.22. The molecule has 0 aliphatic rings. The van der Waals surface area contributed by atoms with Crippen LogP contribution in [0.5, 0.6) is 0 Å². The number of carbonyl (C=O) groups excluding carboxylic acids is 1. The van der Waals surface area contributed by atoms with Gasteiger partial charge in [-0.25, -0.2) is 0 Å². The monoisotopic (exact) mass is 225 g/mol. The molecule has 1 rings (SSSR count). The van der Waals surface area contributed by atoms with Crippen LogP contribution in [0.25, 0.3) is 0 Å². The summed E-state index contributed by atoms with van der Waals surface area (Å²) in [7, 11) is 1.56. The second-order valence-electron chi connectivity index (χ2n) is 4.22. The van der Waals surface area contributed by atoms with Crippen molar-refractivity contribution in [1.29, 1.82) is 0 Å². The summed E-state index contributed by atoms with van der Waals surface area (Å²) in [4.78, 5) is 23.9. The fourth-order valence-electron chi connectivity index (χ4n) is 1.33. The lowest BCUT2D eigenvalue weighted by molar-refractivity contribution is -0.139. The van der Waals surface area contributed by atoms with E-state index in [4.69, 9.17) is 9.52 Å². The van der Waals surface area contributed by atoms with Crippen LogP contribution >= 0.6 is 0 Å². The number of nitrogens with zero attached hydrogens (tertiary/aromatic N) is 1. The maximum atomic E-state index is 11.9. The molecule has 0 saturated carbocycles. The van der Waals surface area contributed by atoms with Crippen LogP contribution in [0.1, 0.15) is 30.8 Å². The molecular weight excluding hydrogens is 210 g/mol. The third-order valence-electron chi connectivity index (χ3n) is 2.53. The van der Waals surface area contributed by atoms with Crippen LogP contribution in [0.2, 0.25) is 0 Å². The van der Waals surface area contributed by atoms with Crippen molar-refractivity contribution < 1.29 is 19.1 Å². The van der Waals surface area contributed by atoms with Gasteiger partial charge in [-0.3, -0.25) is 9.59 Å². The zero-order valence-electron chi connectivity index (χ0n) is 9.56. The van der Waals surface area contributed by atoms with Crippen molar-refractivity contribution in [2.75, 3.05) is 7.05 Å². The SMILES string of the molecule is CN(C(=O)c1ccco1)C(C)(C)CC(=O)O. The van der Waals surface area contributed by atoms with Crippen molar-refractivity contribution in [3.05, 3.63) is 24.2 Å². The largest absolute Gasteiger partial charge is 0.481 e. The Hall–Kier alpha value is -1.78. The van der Waals surface area contributed by atoms with Crippen molar-refractivity contribution in [3.8, 4) is 0 Å². The van der Waals surface area contributed by atoms with E-state index in [-0.39, 0.29) is 18.1 Å². The summed E-state index contributed by atoms with van der Waals surface area (Å²) in [5.41, 5.74) is -0.754. The summed E-state index contributed by atoms with van der Waals surface area (Å²) in [6.45, 7) is 3.39. The number of hydrogen-bond acceptors (Lipinski definition) is 3. The number of furan rings is 1. The molecule has 0 unspecified atom stereocenters. The van der Waals surface area contributed by atoms with Gasteiger partial charge in [-0.15, -0.1) is 0 Å². The van der Waals surface area contributed by atoms with Crippen molar-refractivity contribution >= 4 is 11.9 Å². The van der Waals surface area contributed by atoms with E-state index in [2.05, 4.69) is 0 Å². The Labute approximate surface area is 93.7 Å². The maximum Gasteiger partial charge on any atom is 0.305 e. The van der Waals surface area contributed by atoms with E-state index in [1.54, 1.807) is 33.0 Å². The summed E-state index contributed by atoms with van der Waals surface area (Å²) < 4.78 is 4.98. The Bertz CT molecular complexity index is 381. The van der Waals surface area contributed by atoms with E-state index in [1.165, 1.54) is 11.2 Å². The van der Waals surface area contributed by atoms with Crippen molar-refractivity contribution in [1.82, 2.24) is 4.90 Å². The van der Waals surface area contributed by atoms with Crippen LogP contribution < -0.4 is 0 Å². The van der Waals surface area contributed by atoms with Gasteiger partial charge in [-0.2, -0.15) is 0 Å². The van der Waals surface area contributed by atoms with Crippen LogP contribution in [-0.2, 0) is 4.79 Å². The number of carboxylic acids is 1. The van der Waals surface area contributed by atoms with E-state index in [0.29, 0.717) is 0 Å². The summed E-state index contributed by atoms with van der Waals surface area (Å²) >= 11 is 0. The Kier molecular flexibility index (Phi) is 3.37. The Balaban J connectivity index is 2.81. The summed E-state index contributed by atoms with van der Waals surface area (Å²) in [6, 6.07) is 3.17. The standard InChI is InChI=1S/C11H15NO4/c1-11(2,7-9(13)14)12(3)10(15)8-5-4-6-16-8/h4-6H,7H2,1-3H3,(H,13,14). The van der Waals surface area contributed by atoms with Crippen molar-refractivity contribution in [3.63, 3.8) is 0 Å². The van der Waals surface area contributed by atoms with Gasteiger partial charge in [-0.05, 0) is 26.0 Å². The molecular formula is C11H15NO4. The molecule has 0 radical (unpaired) electrons. The van der Waals surface area contributed by atoms with Gasteiger partial charge in [0.1, 0.15) is 0 Å². The van der Waals surface area contributed by atoms with Crippen molar-refractivity contribution in [2.45, 2.75) is 25.8 Å². The smallest absolute Gasteiger partial charge is 0.305 e. The number of aliphatic carboxylic acids is 1. The molecule has 0 aliphatic heterocycles. The normalized spacial score (nSPS) is 11.2. The van der Waals surface area contributed by atoms with Crippen LogP contribution in [0.15, 0.2) is 22.8 Å². The maximum absolute atomic E-state index is 11.9. The molecule has 0 aromatic carbocycles. The topological polar surface area (TPSA) is 70.8 Å². The van der Waals surface area contributed by atoms with Gasteiger partial charge in [0.25, 0.3) is 5.91 Å². The van der Waals surface area contributed by atoms with Gasteiger partial charge in [0.05, 0.1) is 12.7 Å².